The van der Waals surface area contributed by atoms with Gasteiger partial charge in [0.1, 0.15) is 35.3 Å². The molecule has 1 heterocycles. The van der Waals surface area contributed by atoms with Crippen molar-refractivity contribution in [2.45, 2.75) is 0 Å². The quantitative estimate of drug-likeness (QED) is 0.703. The highest BCUT2D eigenvalue weighted by molar-refractivity contribution is 5.68. The summed E-state index contributed by atoms with van der Waals surface area (Å²) in [6.45, 7) is 0. The average Bonchev–Trinajstić information content (AvgIpc) is 2.64. The lowest BCUT2D eigenvalue weighted by molar-refractivity contribution is 0.395. The second kappa shape index (κ2) is 7.48. The molecule has 128 valence electrons. The molecule has 0 spiro atoms. The van der Waals surface area contributed by atoms with E-state index in [1.807, 2.05) is 12.1 Å². The normalized spacial score (nSPS) is 10.2. The van der Waals surface area contributed by atoms with E-state index in [0.29, 0.717) is 28.8 Å². The molecule has 7 heteroatoms. The number of methoxy groups -OCH3 is 2. The second-order valence-electron chi connectivity index (χ2n) is 5.08. The van der Waals surface area contributed by atoms with Crippen LogP contribution in [0, 0.1) is 5.82 Å². The number of para-hydroxylation sites is 1. The summed E-state index contributed by atoms with van der Waals surface area (Å²) in [5.74, 6) is 1.95. The van der Waals surface area contributed by atoms with Crippen LogP contribution in [0.2, 0.25) is 0 Å². The molecule has 0 amide bonds. The van der Waals surface area contributed by atoms with E-state index in [0.717, 1.165) is 5.69 Å². The van der Waals surface area contributed by atoms with Crippen molar-refractivity contribution in [1.29, 1.82) is 0 Å². The minimum Gasteiger partial charge on any atom is -0.497 e. The Morgan fingerprint density at radius 3 is 2.24 bits per heavy atom. The summed E-state index contributed by atoms with van der Waals surface area (Å²) in [4.78, 5) is 8.28. The number of rotatable bonds is 6. The molecule has 0 radical (unpaired) electrons. The SMILES string of the molecule is COc1ccc(Nc2cc(Nc3ccccc3F)ncn2)c(OC)c1. The number of hydrogen-bond donors (Lipinski definition) is 2. The van der Waals surface area contributed by atoms with Crippen molar-refractivity contribution >= 4 is 23.0 Å². The van der Waals surface area contributed by atoms with E-state index in [-0.39, 0.29) is 5.82 Å². The third-order valence-corrected chi connectivity index (χ3v) is 3.48. The molecular weight excluding hydrogens is 323 g/mol. The minimum absolute atomic E-state index is 0.342. The molecule has 0 aliphatic carbocycles. The number of nitrogens with zero attached hydrogens (tertiary/aromatic N) is 2. The summed E-state index contributed by atoms with van der Waals surface area (Å²) in [5.41, 5.74) is 1.06. The van der Waals surface area contributed by atoms with Gasteiger partial charge in [-0.1, -0.05) is 12.1 Å². The molecule has 0 aliphatic heterocycles. The molecule has 2 N–H and O–H groups in total. The van der Waals surface area contributed by atoms with Gasteiger partial charge in [-0.05, 0) is 24.3 Å². The zero-order chi connectivity index (χ0) is 17.6. The van der Waals surface area contributed by atoms with E-state index in [1.165, 1.54) is 12.4 Å². The number of benzene rings is 2. The van der Waals surface area contributed by atoms with E-state index in [9.17, 15) is 4.39 Å². The van der Waals surface area contributed by atoms with Crippen molar-refractivity contribution in [1.82, 2.24) is 9.97 Å². The van der Waals surface area contributed by atoms with E-state index in [4.69, 9.17) is 9.47 Å². The van der Waals surface area contributed by atoms with Gasteiger partial charge in [0.2, 0.25) is 0 Å². The van der Waals surface area contributed by atoms with Gasteiger partial charge in [-0.3, -0.25) is 0 Å². The molecule has 0 aliphatic rings. The van der Waals surface area contributed by atoms with Crippen molar-refractivity contribution in [2.24, 2.45) is 0 Å². The first-order valence-electron chi connectivity index (χ1n) is 7.52. The summed E-state index contributed by atoms with van der Waals surface area (Å²) in [7, 11) is 3.16. The van der Waals surface area contributed by atoms with Crippen LogP contribution in [-0.4, -0.2) is 24.2 Å². The zero-order valence-corrected chi connectivity index (χ0v) is 13.8. The summed E-state index contributed by atoms with van der Waals surface area (Å²) in [6, 6.07) is 13.5. The van der Waals surface area contributed by atoms with Crippen molar-refractivity contribution in [3.63, 3.8) is 0 Å². The van der Waals surface area contributed by atoms with Crippen LogP contribution in [0.1, 0.15) is 0 Å². The number of aromatic nitrogens is 2. The molecule has 25 heavy (non-hydrogen) atoms. The molecule has 1 aromatic heterocycles. The van der Waals surface area contributed by atoms with Gasteiger partial charge in [0.15, 0.2) is 0 Å². The minimum atomic E-state index is -0.354. The topological polar surface area (TPSA) is 68.3 Å². The molecule has 0 saturated carbocycles. The second-order valence-corrected chi connectivity index (χ2v) is 5.08. The zero-order valence-electron chi connectivity index (χ0n) is 13.8. The van der Waals surface area contributed by atoms with Gasteiger partial charge in [0.25, 0.3) is 0 Å². The summed E-state index contributed by atoms with van der Waals surface area (Å²) in [6.07, 6.45) is 1.39. The Kier molecular flexibility index (Phi) is 4.94. The van der Waals surface area contributed by atoms with Gasteiger partial charge in [-0.2, -0.15) is 0 Å². The Balaban J connectivity index is 1.81. The number of hydrogen-bond acceptors (Lipinski definition) is 6. The van der Waals surface area contributed by atoms with Crippen LogP contribution < -0.4 is 20.1 Å². The van der Waals surface area contributed by atoms with Gasteiger partial charge in [0.05, 0.1) is 25.6 Å². The highest BCUT2D eigenvalue weighted by Gasteiger charge is 2.08. The molecule has 6 nitrogen and oxygen atoms in total. The number of anilines is 4. The first kappa shape index (κ1) is 16.5. The van der Waals surface area contributed by atoms with E-state index < -0.39 is 0 Å². The predicted molar refractivity (Wildman–Crippen MR) is 94.5 cm³/mol. The van der Waals surface area contributed by atoms with E-state index >= 15 is 0 Å². The molecular formula is C18H17FN4O2. The molecule has 0 bridgehead atoms. The van der Waals surface area contributed by atoms with Gasteiger partial charge in [0, 0.05) is 12.1 Å². The third kappa shape index (κ3) is 3.95. The van der Waals surface area contributed by atoms with Crippen LogP contribution in [0.3, 0.4) is 0 Å². The van der Waals surface area contributed by atoms with Crippen molar-refractivity contribution in [2.75, 3.05) is 24.9 Å². The van der Waals surface area contributed by atoms with Crippen LogP contribution in [0.15, 0.2) is 54.9 Å². The molecule has 2 aromatic carbocycles. The van der Waals surface area contributed by atoms with Crippen molar-refractivity contribution in [3.05, 3.63) is 60.7 Å². The Morgan fingerprint density at radius 1 is 0.840 bits per heavy atom. The first-order chi connectivity index (χ1) is 12.2. The smallest absolute Gasteiger partial charge is 0.146 e. The number of halogens is 1. The maximum atomic E-state index is 13.7. The van der Waals surface area contributed by atoms with Crippen LogP contribution in [0.5, 0.6) is 11.5 Å². The monoisotopic (exact) mass is 340 g/mol. The fraction of sp³-hybridized carbons (Fsp3) is 0.111. The predicted octanol–water partition coefficient (Wildman–Crippen LogP) is 4.12. The van der Waals surface area contributed by atoms with Crippen LogP contribution in [0.25, 0.3) is 0 Å². The largest absolute Gasteiger partial charge is 0.497 e. The Bertz CT molecular complexity index is 873. The summed E-state index contributed by atoms with van der Waals surface area (Å²) < 4.78 is 24.3. The first-order valence-corrected chi connectivity index (χ1v) is 7.52. The third-order valence-electron chi connectivity index (χ3n) is 3.48. The van der Waals surface area contributed by atoms with Crippen LogP contribution in [-0.2, 0) is 0 Å². The Hall–Kier alpha value is -3.35. The van der Waals surface area contributed by atoms with Gasteiger partial charge < -0.3 is 20.1 Å². The highest BCUT2D eigenvalue weighted by Crippen LogP contribution is 2.31. The molecule has 3 rings (SSSR count). The molecule has 0 unspecified atom stereocenters. The van der Waals surface area contributed by atoms with Crippen LogP contribution in [0.4, 0.5) is 27.4 Å². The molecule has 3 aromatic rings. The molecule has 0 fully saturated rings. The van der Waals surface area contributed by atoms with E-state index in [1.54, 1.807) is 44.6 Å². The van der Waals surface area contributed by atoms with E-state index in [2.05, 4.69) is 20.6 Å². The molecule has 0 atom stereocenters. The van der Waals surface area contributed by atoms with Gasteiger partial charge in [-0.25, -0.2) is 14.4 Å². The van der Waals surface area contributed by atoms with Gasteiger partial charge >= 0.3 is 0 Å². The lowest BCUT2D eigenvalue weighted by Crippen LogP contribution is -2.01. The molecule has 0 saturated heterocycles. The van der Waals surface area contributed by atoms with Crippen LogP contribution >= 0.6 is 0 Å². The standard InChI is InChI=1S/C18H17FN4O2/c1-24-12-7-8-15(16(9-12)25-2)23-18-10-17(20-11-21-18)22-14-6-4-3-5-13(14)19/h3-11H,1-2H3,(H2,20,21,22,23). The lowest BCUT2D eigenvalue weighted by atomic mass is 10.2. The van der Waals surface area contributed by atoms with Gasteiger partial charge in [-0.15, -0.1) is 0 Å². The average molecular weight is 340 g/mol. The fourth-order valence-electron chi connectivity index (χ4n) is 2.23. The summed E-state index contributed by atoms with van der Waals surface area (Å²) in [5, 5.41) is 6.08. The highest BCUT2D eigenvalue weighted by atomic mass is 19.1. The number of ether oxygens (including phenoxy) is 2. The maximum Gasteiger partial charge on any atom is 0.146 e. The summed E-state index contributed by atoms with van der Waals surface area (Å²) >= 11 is 0. The maximum absolute atomic E-state index is 13.7. The Morgan fingerprint density at radius 2 is 1.56 bits per heavy atom. The Labute approximate surface area is 144 Å². The lowest BCUT2D eigenvalue weighted by Gasteiger charge is -2.13. The van der Waals surface area contributed by atoms with Crippen molar-refractivity contribution < 1.29 is 13.9 Å². The fourth-order valence-corrected chi connectivity index (χ4v) is 2.23. The van der Waals surface area contributed by atoms with Crippen molar-refractivity contribution in [3.8, 4) is 11.5 Å². The number of nitrogens with one attached hydrogen (secondary N) is 2.